The van der Waals surface area contributed by atoms with Crippen LogP contribution in [0.5, 0.6) is 0 Å². The first-order chi connectivity index (χ1) is 9.76. The van der Waals surface area contributed by atoms with Gasteiger partial charge in [0.2, 0.25) is 0 Å². The van der Waals surface area contributed by atoms with Gasteiger partial charge in [-0.2, -0.15) is 0 Å². The van der Waals surface area contributed by atoms with Crippen molar-refractivity contribution in [3.8, 4) is 0 Å². The van der Waals surface area contributed by atoms with E-state index in [0.29, 0.717) is 23.7 Å². The minimum absolute atomic E-state index is 0.345. The zero-order valence-electron chi connectivity index (χ0n) is 13.6. The van der Waals surface area contributed by atoms with Crippen molar-refractivity contribution in [3.05, 3.63) is 0 Å². The van der Waals surface area contributed by atoms with Crippen molar-refractivity contribution in [1.82, 2.24) is 5.32 Å². The Hall–Kier alpha value is -0.120. The van der Waals surface area contributed by atoms with Crippen LogP contribution >= 0.6 is 0 Å². The first kappa shape index (κ1) is 16.3. The Morgan fingerprint density at radius 3 is 2.60 bits per heavy atom. The van der Waals surface area contributed by atoms with Gasteiger partial charge in [0.25, 0.3) is 0 Å². The van der Waals surface area contributed by atoms with E-state index in [1.165, 1.54) is 44.9 Å². The molecule has 1 N–H and O–H groups in total. The molecule has 0 aromatic carbocycles. The molecule has 3 atom stereocenters. The Morgan fingerprint density at radius 2 is 2.00 bits per heavy atom. The smallest absolute Gasteiger partial charge is 0.0808 e. The van der Waals surface area contributed by atoms with E-state index >= 15 is 0 Å². The largest absolute Gasteiger partial charge is 0.376 e. The predicted molar refractivity (Wildman–Crippen MR) is 83.0 cm³/mol. The van der Waals surface area contributed by atoms with Crippen LogP contribution in [0, 0.1) is 5.41 Å². The first-order valence-electron chi connectivity index (χ1n) is 8.73. The van der Waals surface area contributed by atoms with Crippen LogP contribution in [-0.2, 0) is 9.47 Å². The van der Waals surface area contributed by atoms with Gasteiger partial charge in [0.15, 0.2) is 0 Å². The lowest BCUT2D eigenvalue weighted by Gasteiger charge is -2.56. The second-order valence-electron chi connectivity index (χ2n) is 6.49. The van der Waals surface area contributed by atoms with E-state index in [2.05, 4.69) is 26.1 Å². The standard InChI is InChI=1S/C17H33NO2/c1-4-10-18-15-12-16(17(15,5-2)6-3)20-13-14-9-7-8-11-19-14/h14-16,18H,4-13H2,1-3H3. The number of ether oxygens (including phenoxy) is 2. The second kappa shape index (κ2) is 7.77. The van der Waals surface area contributed by atoms with Gasteiger partial charge < -0.3 is 14.8 Å². The minimum atomic E-state index is 0.345. The molecule has 2 aliphatic rings. The highest BCUT2D eigenvalue weighted by molar-refractivity contribution is 5.06. The van der Waals surface area contributed by atoms with Crippen molar-refractivity contribution in [2.24, 2.45) is 5.41 Å². The van der Waals surface area contributed by atoms with Crippen molar-refractivity contribution in [2.75, 3.05) is 19.8 Å². The maximum Gasteiger partial charge on any atom is 0.0808 e. The van der Waals surface area contributed by atoms with E-state index in [1.807, 2.05) is 0 Å². The van der Waals surface area contributed by atoms with Gasteiger partial charge in [-0.25, -0.2) is 0 Å². The van der Waals surface area contributed by atoms with Crippen LogP contribution in [0.2, 0.25) is 0 Å². The molecule has 20 heavy (non-hydrogen) atoms. The average Bonchev–Trinajstić information content (AvgIpc) is 2.48. The number of hydrogen-bond donors (Lipinski definition) is 1. The summed E-state index contributed by atoms with van der Waals surface area (Å²) in [5, 5.41) is 3.72. The maximum absolute atomic E-state index is 6.26. The summed E-state index contributed by atoms with van der Waals surface area (Å²) in [5.41, 5.74) is 0.351. The van der Waals surface area contributed by atoms with Gasteiger partial charge >= 0.3 is 0 Å². The molecular formula is C17H33NO2. The number of rotatable bonds is 8. The molecule has 1 aliphatic heterocycles. The molecule has 2 rings (SSSR count). The molecule has 0 aromatic rings. The summed E-state index contributed by atoms with van der Waals surface area (Å²) in [6.45, 7) is 9.72. The van der Waals surface area contributed by atoms with E-state index in [-0.39, 0.29) is 0 Å². The third-order valence-electron chi connectivity index (χ3n) is 5.50. The van der Waals surface area contributed by atoms with Gasteiger partial charge in [0.1, 0.15) is 0 Å². The molecule has 0 amide bonds. The van der Waals surface area contributed by atoms with Crippen molar-refractivity contribution < 1.29 is 9.47 Å². The fourth-order valence-electron chi connectivity index (χ4n) is 3.95. The summed E-state index contributed by atoms with van der Waals surface area (Å²) < 4.78 is 12.0. The third-order valence-corrected chi connectivity index (χ3v) is 5.50. The highest BCUT2D eigenvalue weighted by atomic mass is 16.5. The van der Waals surface area contributed by atoms with Crippen LogP contribution in [0.1, 0.15) is 65.7 Å². The topological polar surface area (TPSA) is 30.5 Å². The van der Waals surface area contributed by atoms with Crippen molar-refractivity contribution in [1.29, 1.82) is 0 Å². The molecule has 3 heteroatoms. The fraction of sp³-hybridized carbons (Fsp3) is 1.00. The van der Waals surface area contributed by atoms with Crippen molar-refractivity contribution >= 4 is 0 Å². The Bertz CT molecular complexity index is 272. The van der Waals surface area contributed by atoms with E-state index in [4.69, 9.17) is 9.47 Å². The van der Waals surface area contributed by atoms with Crippen molar-refractivity contribution in [2.45, 2.75) is 84.0 Å². The van der Waals surface area contributed by atoms with Crippen LogP contribution in [0.15, 0.2) is 0 Å². The lowest BCUT2D eigenvalue weighted by atomic mass is 9.58. The Morgan fingerprint density at radius 1 is 1.20 bits per heavy atom. The molecule has 118 valence electrons. The van der Waals surface area contributed by atoms with Crippen LogP contribution in [0.4, 0.5) is 0 Å². The van der Waals surface area contributed by atoms with Crippen LogP contribution in [-0.4, -0.2) is 38.0 Å². The molecule has 1 heterocycles. The molecule has 1 aliphatic carbocycles. The Labute approximate surface area is 124 Å². The predicted octanol–water partition coefficient (Wildman–Crippen LogP) is 3.52. The molecule has 0 radical (unpaired) electrons. The molecule has 0 bridgehead atoms. The van der Waals surface area contributed by atoms with E-state index in [9.17, 15) is 0 Å². The van der Waals surface area contributed by atoms with Crippen LogP contribution in [0.25, 0.3) is 0 Å². The Balaban J connectivity index is 1.81. The summed E-state index contributed by atoms with van der Waals surface area (Å²) in [5.74, 6) is 0. The van der Waals surface area contributed by atoms with Gasteiger partial charge in [0.05, 0.1) is 18.8 Å². The third kappa shape index (κ3) is 3.37. The normalized spacial score (nSPS) is 32.9. The molecule has 0 aromatic heterocycles. The van der Waals surface area contributed by atoms with Gasteiger partial charge in [-0.15, -0.1) is 0 Å². The van der Waals surface area contributed by atoms with Crippen LogP contribution in [0.3, 0.4) is 0 Å². The first-order valence-corrected chi connectivity index (χ1v) is 8.73. The Kier molecular flexibility index (Phi) is 6.31. The number of nitrogens with one attached hydrogen (secondary N) is 1. The zero-order valence-corrected chi connectivity index (χ0v) is 13.6. The average molecular weight is 283 g/mol. The molecule has 1 saturated carbocycles. The highest BCUT2D eigenvalue weighted by Crippen LogP contribution is 2.49. The summed E-state index contributed by atoms with van der Waals surface area (Å²) >= 11 is 0. The molecule has 1 saturated heterocycles. The van der Waals surface area contributed by atoms with Gasteiger partial charge in [-0.1, -0.05) is 20.8 Å². The highest BCUT2D eigenvalue weighted by Gasteiger charge is 2.53. The molecule has 3 nitrogen and oxygen atoms in total. The summed E-state index contributed by atoms with van der Waals surface area (Å²) in [7, 11) is 0. The van der Waals surface area contributed by atoms with Crippen molar-refractivity contribution in [3.63, 3.8) is 0 Å². The minimum Gasteiger partial charge on any atom is -0.376 e. The monoisotopic (exact) mass is 283 g/mol. The van der Waals surface area contributed by atoms with Gasteiger partial charge in [0, 0.05) is 18.1 Å². The summed E-state index contributed by atoms with van der Waals surface area (Å²) in [6, 6.07) is 0.648. The second-order valence-corrected chi connectivity index (χ2v) is 6.49. The molecule has 3 unspecified atom stereocenters. The summed E-state index contributed by atoms with van der Waals surface area (Å²) in [6.07, 6.45) is 9.27. The quantitative estimate of drug-likeness (QED) is 0.739. The SMILES string of the molecule is CCCNC1CC(OCC2CCCCO2)C1(CC)CC. The maximum atomic E-state index is 6.26. The van der Waals surface area contributed by atoms with Gasteiger partial charge in [-0.05, 0) is 51.5 Å². The summed E-state index contributed by atoms with van der Waals surface area (Å²) in [4.78, 5) is 0. The van der Waals surface area contributed by atoms with E-state index in [0.717, 1.165) is 19.8 Å². The lowest BCUT2D eigenvalue weighted by Crippen LogP contribution is -2.63. The zero-order chi connectivity index (χ0) is 14.4. The molecule has 0 spiro atoms. The lowest BCUT2D eigenvalue weighted by molar-refractivity contribution is -0.163. The van der Waals surface area contributed by atoms with Crippen LogP contribution < -0.4 is 5.32 Å². The molecular weight excluding hydrogens is 250 g/mol. The molecule has 2 fully saturated rings. The van der Waals surface area contributed by atoms with E-state index in [1.54, 1.807) is 0 Å². The number of hydrogen-bond acceptors (Lipinski definition) is 3. The van der Waals surface area contributed by atoms with Gasteiger partial charge in [-0.3, -0.25) is 0 Å². The fourth-order valence-corrected chi connectivity index (χ4v) is 3.95. The van der Waals surface area contributed by atoms with E-state index < -0.39 is 0 Å².